The first kappa shape index (κ1) is 21.0. The lowest BCUT2D eigenvalue weighted by atomic mass is 10.0. The molecule has 160 valence electrons. The van der Waals surface area contributed by atoms with Crippen molar-refractivity contribution < 1.29 is 19.7 Å². The molecule has 1 heterocycles. The molecule has 32 heavy (non-hydrogen) atoms. The van der Waals surface area contributed by atoms with E-state index in [1.54, 1.807) is 54.6 Å². The number of hydrogen-bond acceptors (Lipinski definition) is 7. The summed E-state index contributed by atoms with van der Waals surface area (Å²) in [5.74, 6) is 0.525. The molecule has 0 aliphatic carbocycles. The number of esters is 1. The van der Waals surface area contributed by atoms with Gasteiger partial charge in [0.25, 0.3) is 0 Å². The van der Waals surface area contributed by atoms with Gasteiger partial charge in [0.1, 0.15) is 11.5 Å². The van der Waals surface area contributed by atoms with Crippen LogP contribution < -0.4 is 0 Å². The quantitative estimate of drug-likeness (QED) is 0.455. The van der Waals surface area contributed by atoms with E-state index in [-0.39, 0.29) is 23.1 Å². The van der Waals surface area contributed by atoms with E-state index >= 15 is 0 Å². The summed E-state index contributed by atoms with van der Waals surface area (Å²) in [6, 6.07) is 17.0. The standard InChI is InChI=1S/C25H21N3O4/c1-14-12-15(2)21(20(30)13-14)24-27-22(16-8-10-17(11-9-16)25(31)32-3)26-23(28-24)18-6-4-5-7-19(18)29/h4-13,29-30H,1-3H3. The molecule has 0 spiro atoms. The number of benzene rings is 3. The van der Waals surface area contributed by atoms with Crippen molar-refractivity contribution in [1.29, 1.82) is 0 Å². The van der Waals surface area contributed by atoms with Crippen LogP contribution in [0.3, 0.4) is 0 Å². The molecule has 0 bridgehead atoms. The van der Waals surface area contributed by atoms with E-state index in [2.05, 4.69) is 15.0 Å². The molecule has 0 atom stereocenters. The Kier molecular flexibility index (Phi) is 5.55. The zero-order valence-electron chi connectivity index (χ0n) is 17.8. The number of aromatic hydroxyl groups is 2. The zero-order valence-corrected chi connectivity index (χ0v) is 17.8. The molecule has 0 saturated carbocycles. The van der Waals surface area contributed by atoms with Gasteiger partial charge < -0.3 is 14.9 Å². The number of phenols is 2. The van der Waals surface area contributed by atoms with E-state index in [1.807, 2.05) is 19.9 Å². The van der Waals surface area contributed by atoms with Crippen LogP contribution in [0.15, 0.2) is 60.7 Å². The Balaban J connectivity index is 1.93. The summed E-state index contributed by atoms with van der Waals surface area (Å²) >= 11 is 0. The van der Waals surface area contributed by atoms with Crippen LogP contribution in [-0.2, 0) is 4.74 Å². The summed E-state index contributed by atoms with van der Waals surface area (Å²) in [5.41, 5.74) is 3.69. The Labute approximate surface area is 185 Å². The monoisotopic (exact) mass is 427 g/mol. The van der Waals surface area contributed by atoms with E-state index in [9.17, 15) is 15.0 Å². The van der Waals surface area contributed by atoms with Gasteiger partial charge in [0.2, 0.25) is 0 Å². The molecule has 4 aromatic rings. The maximum Gasteiger partial charge on any atom is 0.337 e. The molecule has 7 nitrogen and oxygen atoms in total. The summed E-state index contributed by atoms with van der Waals surface area (Å²) in [4.78, 5) is 25.5. The Morgan fingerprint density at radius 1 is 0.812 bits per heavy atom. The predicted molar refractivity (Wildman–Crippen MR) is 120 cm³/mol. The number of ether oxygens (including phenoxy) is 1. The van der Waals surface area contributed by atoms with Crippen LogP contribution in [0, 0.1) is 13.8 Å². The van der Waals surface area contributed by atoms with Gasteiger partial charge in [-0.25, -0.2) is 19.7 Å². The van der Waals surface area contributed by atoms with Crippen LogP contribution in [0.25, 0.3) is 34.2 Å². The first-order valence-electron chi connectivity index (χ1n) is 9.91. The van der Waals surface area contributed by atoms with Crippen molar-refractivity contribution in [2.24, 2.45) is 0 Å². The highest BCUT2D eigenvalue weighted by molar-refractivity contribution is 5.89. The van der Waals surface area contributed by atoms with E-state index in [1.165, 1.54) is 7.11 Å². The minimum Gasteiger partial charge on any atom is -0.507 e. The zero-order chi connectivity index (χ0) is 22.8. The van der Waals surface area contributed by atoms with Gasteiger partial charge in [-0.2, -0.15) is 0 Å². The molecule has 0 aliphatic rings. The number of para-hydroxylation sites is 1. The van der Waals surface area contributed by atoms with E-state index in [0.29, 0.717) is 28.1 Å². The fraction of sp³-hybridized carbons (Fsp3) is 0.120. The van der Waals surface area contributed by atoms with E-state index < -0.39 is 5.97 Å². The summed E-state index contributed by atoms with van der Waals surface area (Å²) < 4.78 is 4.75. The lowest BCUT2D eigenvalue weighted by molar-refractivity contribution is 0.0600. The summed E-state index contributed by atoms with van der Waals surface area (Å²) in [5, 5.41) is 21.0. The minimum atomic E-state index is -0.442. The molecule has 0 radical (unpaired) electrons. The predicted octanol–water partition coefficient (Wildman–Crippen LogP) is 4.69. The van der Waals surface area contributed by atoms with Gasteiger partial charge in [-0.1, -0.05) is 30.3 Å². The first-order valence-corrected chi connectivity index (χ1v) is 9.91. The number of nitrogens with zero attached hydrogens (tertiary/aromatic N) is 3. The first-order chi connectivity index (χ1) is 15.4. The van der Waals surface area contributed by atoms with E-state index in [4.69, 9.17) is 4.74 Å². The second kappa shape index (κ2) is 8.47. The molecule has 0 amide bonds. The van der Waals surface area contributed by atoms with Crippen LogP contribution >= 0.6 is 0 Å². The lowest BCUT2D eigenvalue weighted by Crippen LogP contribution is -2.03. The molecule has 0 aliphatic heterocycles. The Morgan fingerprint density at radius 3 is 2.12 bits per heavy atom. The molecule has 7 heteroatoms. The topological polar surface area (TPSA) is 105 Å². The Bertz CT molecular complexity index is 1290. The molecule has 1 aromatic heterocycles. The number of aromatic nitrogens is 3. The molecular weight excluding hydrogens is 406 g/mol. The third kappa shape index (κ3) is 4.00. The average molecular weight is 427 g/mol. The fourth-order valence-electron chi connectivity index (χ4n) is 3.51. The van der Waals surface area contributed by atoms with Crippen LogP contribution in [0.2, 0.25) is 0 Å². The normalized spacial score (nSPS) is 10.7. The van der Waals surface area contributed by atoms with Crippen LogP contribution in [0.1, 0.15) is 21.5 Å². The van der Waals surface area contributed by atoms with Crippen LogP contribution in [-0.4, -0.2) is 38.2 Å². The molecule has 3 aromatic carbocycles. The van der Waals surface area contributed by atoms with Gasteiger partial charge in [0.05, 0.1) is 23.8 Å². The number of aryl methyl sites for hydroxylation is 2. The maximum absolute atomic E-state index is 11.8. The van der Waals surface area contributed by atoms with Crippen molar-refractivity contribution in [3.8, 4) is 45.7 Å². The highest BCUT2D eigenvalue weighted by atomic mass is 16.5. The number of rotatable bonds is 4. The lowest BCUT2D eigenvalue weighted by Gasteiger charge is -2.12. The minimum absolute atomic E-state index is 0.0292. The van der Waals surface area contributed by atoms with Crippen LogP contribution in [0.4, 0.5) is 0 Å². The van der Waals surface area contributed by atoms with Crippen molar-refractivity contribution in [2.75, 3.05) is 7.11 Å². The summed E-state index contributed by atoms with van der Waals surface area (Å²) in [6.45, 7) is 3.77. The third-order valence-corrected chi connectivity index (χ3v) is 5.03. The van der Waals surface area contributed by atoms with Crippen molar-refractivity contribution >= 4 is 5.97 Å². The molecule has 4 rings (SSSR count). The number of methoxy groups -OCH3 is 1. The van der Waals surface area contributed by atoms with Gasteiger partial charge in [-0.3, -0.25) is 0 Å². The number of hydrogen-bond donors (Lipinski definition) is 2. The van der Waals surface area contributed by atoms with Gasteiger partial charge in [0.15, 0.2) is 17.5 Å². The second-order valence-corrected chi connectivity index (χ2v) is 7.37. The third-order valence-electron chi connectivity index (χ3n) is 5.03. The van der Waals surface area contributed by atoms with Gasteiger partial charge in [-0.15, -0.1) is 0 Å². The molecule has 0 unspecified atom stereocenters. The van der Waals surface area contributed by atoms with E-state index in [0.717, 1.165) is 11.1 Å². The summed E-state index contributed by atoms with van der Waals surface area (Å²) in [6.07, 6.45) is 0. The largest absolute Gasteiger partial charge is 0.507 e. The number of carbonyl (C=O) groups excluding carboxylic acids is 1. The molecule has 0 saturated heterocycles. The highest BCUT2D eigenvalue weighted by Gasteiger charge is 2.18. The van der Waals surface area contributed by atoms with Gasteiger partial charge in [-0.05, 0) is 55.3 Å². The van der Waals surface area contributed by atoms with Crippen molar-refractivity contribution in [2.45, 2.75) is 13.8 Å². The summed E-state index contributed by atoms with van der Waals surface area (Å²) in [7, 11) is 1.32. The fourth-order valence-corrected chi connectivity index (χ4v) is 3.51. The van der Waals surface area contributed by atoms with Gasteiger partial charge >= 0.3 is 5.97 Å². The van der Waals surface area contributed by atoms with Crippen LogP contribution in [0.5, 0.6) is 11.5 Å². The number of carbonyl (C=O) groups is 1. The maximum atomic E-state index is 11.8. The van der Waals surface area contributed by atoms with Crippen molar-refractivity contribution in [1.82, 2.24) is 15.0 Å². The Morgan fingerprint density at radius 2 is 1.47 bits per heavy atom. The second-order valence-electron chi connectivity index (χ2n) is 7.37. The van der Waals surface area contributed by atoms with Crippen molar-refractivity contribution in [3.05, 3.63) is 77.4 Å². The smallest absolute Gasteiger partial charge is 0.337 e. The SMILES string of the molecule is COC(=O)c1ccc(-c2nc(-c3ccccc3O)nc(-c3c(C)cc(C)cc3O)n2)cc1. The molecule has 0 fully saturated rings. The Hall–Kier alpha value is -4.26. The average Bonchev–Trinajstić information content (AvgIpc) is 2.78. The molecular formula is C25H21N3O4. The van der Waals surface area contributed by atoms with Gasteiger partial charge in [0, 0.05) is 5.56 Å². The highest BCUT2D eigenvalue weighted by Crippen LogP contribution is 2.34. The number of phenolic OH excluding ortho intramolecular Hbond substituents is 2. The molecule has 2 N–H and O–H groups in total. The van der Waals surface area contributed by atoms with Crippen molar-refractivity contribution in [3.63, 3.8) is 0 Å².